The van der Waals surface area contributed by atoms with E-state index in [2.05, 4.69) is 256 Å². The van der Waals surface area contributed by atoms with Crippen LogP contribution in [-0.4, -0.2) is 77.8 Å². The maximum atomic E-state index is 6.99. The van der Waals surface area contributed by atoms with Crippen molar-refractivity contribution in [2.24, 2.45) is 0 Å². The highest BCUT2D eigenvalue weighted by molar-refractivity contribution is 6.84. The Morgan fingerprint density at radius 2 is 0.775 bits per heavy atom. The molecule has 0 saturated heterocycles. The molecule has 0 saturated carbocycles. The Balaban J connectivity index is 1.34. The second kappa shape index (κ2) is 20.3. The Bertz CT molecular complexity index is 3980. The van der Waals surface area contributed by atoms with Crippen LogP contribution in [0.25, 0.3) is 89.7 Å². The second-order valence-electron chi connectivity index (χ2n) is 29.2. The van der Waals surface area contributed by atoms with Crippen molar-refractivity contribution in [3.63, 3.8) is 0 Å². The lowest BCUT2D eigenvalue weighted by Gasteiger charge is -2.37. The number of H-pyrrole nitrogens is 2. The van der Waals surface area contributed by atoms with Crippen LogP contribution in [0.1, 0.15) is 126 Å². The third kappa shape index (κ3) is 12.0. The molecule has 10 nitrogen and oxygen atoms in total. The van der Waals surface area contributed by atoms with E-state index in [1.165, 1.54) is 16.7 Å². The van der Waals surface area contributed by atoms with Gasteiger partial charge in [-0.15, -0.1) is 5.54 Å². The van der Waals surface area contributed by atoms with Crippen LogP contribution in [0.4, 0.5) is 0 Å². The van der Waals surface area contributed by atoms with E-state index in [4.69, 9.17) is 38.8 Å². The Hall–Kier alpha value is -6.33. The van der Waals surface area contributed by atoms with E-state index in [1.807, 2.05) is 0 Å². The van der Waals surface area contributed by atoms with Crippen LogP contribution in [0.15, 0.2) is 83.9 Å². The first-order chi connectivity index (χ1) is 36.9. The van der Waals surface area contributed by atoms with Gasteiger partial charge in [-0.2, -0.15) is 0 Å². The summed E-state index contributed by atoms with van der Waals surface area (Å²) in [6.07, 6.45) is 0. The SMILES string of the molecule is CC(C)(C)c1ccc2c(c1)-c1nc-2nc2[nH]c(nc3nc(nc4[nH]c(n1)c1ccc(C(C)(C)C)cc41)-c1ccc(C#C/C(CO[Si](C)(C)C(C)(C)C)=C(/C#C[Si](C)(C)C)CO[Si](C)(C)C(C)(C)C)cc1-3)c1cc(C(C)(C)C)ccc21. The van der Waals surface area contributed by atoms with Crippen LogP contribution >= 0.6 is 0 Å². The van der Waals surface area contributed by atoms with Crippen molar-refractivity contribution < 1.29 is 8.85 Å². The molecule has 80 heavy (non-hydrogen) atoms. The van der Waals surface area contributed by atoms with E-state index in [0.29, 0.717) is 59.1 Å². The molecular weight excluding hydrogens is 1030 g/mol. The van der Waals surface area contributed by atoms with Crippen molar-refractivity contribution in [3.05, 3.63) is 106 Å². The van der Waals surface area contributed by atoms with Crippen LogP contribution in [0.2, 0.25) is 55.9 Å². The molecule has 0 amide bonds. The van der Waals surface area contributed by atoms with Gasteiger partial charge in [-0.3, -0.25) is 0 Å². The number of rotatable bonds is 6. The van der Waals surface area contributed by atoms with E-state index in [-0.39, 0.29) is 26.3 Å². The van der Waals surface area contributed by atoms with Crippen molar-refractivity contribution >= 4 is 68.8 Å². The van der Waals surface area contributed by atoms with Crippen molar-refractivity contribution in [3.8, 4) is 68.9 Å². The molecule has 0 spiro atoms. The van der Waals surface area contributed by atoms with Gasteiger partial charge < -0.3 is 18.8 Å². The van der Waals surface area contributed by atoms with Crippen LogP contribution < -0.4 is 0 Å². The zero-order valence-electron chi connectivity index (χ0n) is 51.8. The number of fused-ring (bicyclic) bond motifs is 20. The lowest BCUT2D eigenvalue weighted by molar-refractivity contribution is 0.308. The minimum Gasteiger partial charge on any atom is -0.412 e. The Morgan fingerprint density at radius 1 is 0.412 bits per heavy atom. The summed E-state index contributed by atoms with van der Waals surface area (Å²) in [5.74, 6) is 13.1. The molecule has 2 aliphatic heterocycles. The van der Waals surface area contributed by atoms with Crippen LogP contribution in [-0.2, 0) is 25.1 Å². The van der Waals surface area contributed by atoms with E-state index in [0.717, 1.165) is 60.5 Å². The summed E-state index contributed by atoms with van der Waals surface area (Å²) in [5, 5.41) is 3.75. The van der Waals surface area contributed by atoms with E-state index < -0.39 is 24.7 Å². The van der Waals surface area contributed by atoms with Gasteiger partial charge in [0.25, 0.3) is 0 Å². The zero-order valence-corrected chi connectivity index (χ0v) is 54.8. The molecule has 0 fully saturated rings. The highest BCUT2D eigenvalue weighted by Gasteiger charge is 2.39. The Kier molecular flexibility index (Phi) is 14.8. The Morgan fingerprint density at radius 3 is 1.19 bits per heavy atom. The average Bonchev–Trinajstić information content (AvgIpc) is 4.07. The van der Waals surface area contributed by atoms with Crippen molar-refractivity contribution in [2.45, 2.75) is 176 Å². The van der Waals surface area contributed by atoms with Crippen LogP contribution in [0.3, 0.4) is 0 Å². The second-order valence-corrected chi connectivity index (χ2v) is 43.6. The molecule has 9 rings (SSSR count). The number of benzene rings is 4. The minimum atomic E-state index is -2.21. The first kappa shape index (κ1) is 58.3. The van der Waals surface area contributed by atoms with Gasteiger partial charge in [0.15, 0.2) is 39.9 Å². The molecule has 13 heteroatoms. The lowest BCUT2D eigenvalue weighted by atomic mass is 9.85. The predicted octanol–water partition coefficient (Wildman–Crippen LogP) is 17.3. The van der Waals surface area contributed by atoms with Crippen molar-refractivity contribution in [1.29, 1.82) is 0 Å². The molecule has 0 unspecified atom stereocenters. The Labute approximate surface area is 479 Å². The summed E-state index contributed by atoms with van der Waals surface area (Å²) in [5.41, 5.74) is 15.5. The van der Waals surface area contributed by atoms with E-state index in [1.54, 1.807) is 0 Å². The molecule has 2 N–H and O–H groups in total. The van der Waals surface area contributed by atoms with Gasteiger partial charge in [0.1, 0.15) is 30.7 Å². The van der Waals surface area contributed by atoms with Crippen molar-refractivity contribution in [2.75, 3.05) is 13.2 Å². The van der Waals surface area contributed by atoms with Gasteiger partial charge in [-0.25, -0.2) is 29.9 Å². The number of nitrogens with zero attached hydrogens (tertiary/aromatic N) is 6. The summed E-state index contributed by atoms with van der Waals surface area (Å²) in [7, 11) is -6.17. The fraction of sp³-hybridized carbons (Fsp3) is 0.433. The molecule has 7 aromatic rings. The molecule has 416 valence electrons. The standard InChI is InChI=1S/C67H84N8O2Si3/c1-63(2,3)44-26-30-48-52(36-44)61-71-56(48)68-57-49-31-27-46(65(7,8)9)38-54(49)62(72-57)75-59-51-35-41(24-29-47(51)55(69-59)70-60-53-37-45(64(4,5)6)28-32-50(53)58(73-60)74-61)23-25-42(39-76-79(19,20)66(10,11)12)43(33-34-78(16,17)18)40-77-80(21,22)67(13,14)15/h24,26-32,35-38H,39-40H2,1-22H3,(H2,68,69,70,71,72,73,74,75)/b43-42+. The summed E-state index contributed by atoms with van der Waals surface area (Å²) < 4.78 is 13.9. The topological polar surface area (TPSA) is 127 Å². The van der Waals surface area contributed by atoms with Gasteiger partial charge in [0.05, 0.1) is 13.2 Å². The predicted molar refractivity (Wildman–Crippen MR) is 343 cm³/mol. The minimum absolute atomic E-state index is 0.00192. The average molecular weight is 1120 g/mol. The summed E-state index contributed by atoms with van der Waals surface area (Å²) in [6, 6.07) is 25.9. The third-order valence-corrected chi connectivity index (χ3v) is 26.3. The summed E-state index contributed by atoms with van der Waals surface area (Å²) in [4.78, 5) is 39.6. The number of hydrogen-bond donors (Lipinski definition) is 2. The smallest absolute Gasteiger partial charge is 0.192 e. The van der Waals surface area contributed by atoms with E-state index >= 15 is 0 Å². The molecule has 8 bridgehead atoms. The first-order valence-electron chi connectivity index (χ1n) is 28.3. The molecule has 0 aliphatic carbocycles. The zero-order chi connectivity index (χ0) is 58.5. The highest BCUT2D eigenvalue weighted by atomic mass is 28.4. The molecule has 4 aromatic carbocycles. The summed E-state index contributed by atoms with van der Waals surface area (Å²) >= 11 is 0. The largest absolute Gasteiger partial charge is 0.412 e. The van der Waals surface area contributed by atoms with Crippen molar-refractivity contribution in [1.82, 2.24) is 39.9 Å². The number of aromatic amines is 2. The number of aromatic nitrogens is 8. The maximum absolute atomic E-state index is 6.99. The summed E-state index contributed by atoms with van der Waals surface area (Å²) in [6.45, 7) is 50.4. The van der Waals surface area contributed by atoms with Gasteiger partial charge in [-0.1, -0.05) is 178 Å². The van der Waals surface area contributed by atoms with Gasteiger partial charge >= 0.3 is 0 Å². The van der Waals surface area contributed by atoms with Gasteiger partial charge in [0.2, 0.25) is 0 Å². The number of nitrogens with one attached hydrogen (secondary N) is 2. The monoisotopic (exact) mass is 1120 g/mol. The quantitative estimate of drug-likeness (QED) is 0.124. The molecule has 0 radical (unpaired) electrons. The van der Waals surface area contributed by atoms with Gasteiger partial charge in [-0.05, 0) is 106 Å². The fourth-order valence-electron chi connectivity index (χ4n) is 9.02. The maximum Gasteiger partial charge on any atom is 0.192 e. The molecule has 3 aromatic heterocycles. The molecular formula is C67H84N8O2Si3. The normalized spacial score (nSPS) is 13.8. The molecule has 0 atom stereocenters. The molecule has 2 aliphatic rings. The van der Waals surface area contributed by atoms with E-state index in [9.17, 15) is 0 Å². The first-order valence-corrected chi connectivity index (χ1v) is 37.6. The number of hydrogen-bond acceptors (Lipinski definition) is 8. The lowest BCUT2D eigenvalue weighted by Crippen LogP contribution is -2.42. The third-order valence-electron chi connectivity index (χ3n) is 16.5. The highest BCUT2D eigenvalue weighted by Crippen LogP contribution is 2.42. The molecule has 5 heterocycles. The van der Waals surface area contributed by atoms with Crippen LogP contribution in [0, 0.1) is 23.3 Å². The fourth-order valence-corrected chi connectivity index (χ4v) is 11.4. The van der Waals surface area contributed by atoms with Gasteiger partial charge in [0, 0.05) is 60.5 Å². The van der Waals surface area contributed by atoms with Crippen LogP contribution in [0.5, 0.6) is 0 Å².